The predicted molar refractivity (Wildman–Crippen MR) is 92.2 cm³/mol. The molecule has 1 saturated heterocycles. The Morgan fingerprint density at radius 1 is 1.25 bits per heavy atom. The maximum absolute atomic E-state index is 12.7. The lowest BCUT2D eigenvalue weighted by Gasteiger charge is -2.15. The molecule has 0 saturated carbocycles. The van der Waals surface area contributed by atoms with Crippen LogP contribution >= 0.6 is 11.6 Å². The first-order valence-electron chi connectivity index (χ1n) is 8.02. The van der Waals surface area contributed by atoms with Gasteiger partial charge in [0.25, 0.3) is 5.91 Å². The van der Waals surface area contributed by atoms with Crippen LogP contribution in [-0.2, 0) is 6.42 Å². The Bertz CT molecular complexity index is 877. The minimum atomic E-state index is -0.0154. The average Bonchev–Trinajstić information content (AvgIpc) is 3.21. The lowest BCUT2D eigenvalue weighted by atomic mass is 10.0. The van der Waals surface area contributed by atoms with E-state index in [0.717, 1.165) is 37.3 Å². The third kappa shape index (κ3) is 2.99. The van der Waals surface area contributed by atoms with Crippen molar-refractivity contribution >= 4 is 23.2 Å². The fraction of sp³-hybridized carbons (Fsp3) is 0.278. The van der Waals surface area contributed by atoms with Gasteiger partial charge in [-0.2, -0.15) is 0 Å². The van der Waals surface area contributed by atoms with Crippen LogP contribution in [-0.4, -0.2) is 38.3 Å². The van der Waals surface area contributed by atoms with Gasteiger partial charge in [0.2, 0.25) is 0 Å². The molecule has 1 aliphatic heterocycles. The number of hydrogen-bond donors (Lipinski definition) is 0. The van der Waals surface area contributed by atoms with Crippen LogP contribution in [0.4, 0.5) is 0 Å². The van der Waals surface area contributed by atoms with Crippen molar-refractivity contribution in [1.82, 2.24) is 19.3 Å². The van der Waals surface area contributed by atoms with Crippen LogP contribution in [0.15, 0.2) is 48.9 Å². The van der Waals surface area contributed by atoms with Gasteiger partial charge >= 0.3 is 0 Å². The number of amides is 1. The van der Waals surface area contributed by atoms with Crippen molar-refractivity contribution in [2.45, 2.75) is 12.8 Å². The third-order valence-corrected chi connectivity index (χ3v) is 4.65. The van der Waals surface area contributed by atoms with E-state index in [1.165, 1.54) is 0 Å². The second kappa shape index (κ2) is 6.24. The van der Waals surface area contributed by atoms with Crippen molar-refractivity contribution in [1.29, 1.82) is 0 Å². The Balaban J connectivity index is 1.46. The van der Waals surface area contributed by atoms with Crippen LogP contribution in [0.2, 0.25) is 5.02 Å². The summed E-state index contributed by atoms with van der Waals surface area (Å²) in [5.41, 5.74) is 2.28. The molecule has 4 heterocycles. The molecule has 1 atom stereocenters. The maximum Gasteiger partial charge on any atom is 0.274 e. The van der Waals surface area contributed by atoms with Crippen molar-refractivity contribution < 1.29 is 4.79 Å². The first-order chi connectivity index (χ1) is 11.7. The van der Waals surface area contributed by atoms with Gasteiger partial charge in [-0.1, -0.05) is 17.7 Å². The molecule has 0 aliphatic carbocycles. The van der Waals surface area contributed by atoms with Crippen LogP contribution in [0.1, 0.15) is 22.6 Å². The fourth-order valence-electron chi connectivity index (χ4n) is 3.23. The topological polar surface area (TPSA) is 50.5 Å². The molecule has 3 aromatic heterocycles. The molecule has 0 radical (unpaired) electrons. The molecule has 0 aromatic carbocycles. The normalized spacial score (nSPS) is 17.5. The number of likely N-dealkylation sites (tertiary alicyclic amines) is 1. The first kappa shape index (κ1) is 15.1. The molecule has 5 nitrogen and oxygen atoms in total. The molecular formula is C18H17ClN4O. The van der Waals surface area contributed by atoms with Gasteiger partial charge in [-0.3, -0.25) is 9.78 Å². The first-order valence-corrected chi connectivity index (χ1v) is 8.40. The Hall–Kier alpha value is -2.40. The molecule has 3 aromatic rings. The fourth-order valence-corrected chi connectivity index (χ4v) is 3.40. The number of nitrogens with zero attached hydrogens (tertiary/aromatic N) is 4. The van der Waals surface area contributed by atoms with Gasteiger partial charge < -0.3 is 9.30 Å². The molecule has 24 heavy (non-hydrogen) atoms. The van der Waals surface area contributed by atoms with E-state index in [0.29, 0.717) is 16.6 Å². The van der Waals surface area contributed by atoms with E-state index in [1.54, 1.807) is 22.9 Å². The molecule has 1 aliphatic rings. The van der Waals surface area contributed by atoms with Gasteiger partial charge in [0, 0.05) is 37.4 Å². The largest absolute Gasteiger partial charge is 0.337 e. The highest BCUT2D eigenvalue weighted by Gasteiger charge is 2.28. The van der Waals surface area contributed by atoms with Crippen LogP contribution in [0.5, 0.6) is 0 Å². The van der Waals surface area contributed by atoms with E-state index < -0.39 is 0 Å². The zero-order valence-electron chi connectivity index (χ0n) is 13.1. The summed E-state index contributed by atoms with van der Waals surface area (Å²) in [7, 11) is 0. The van der Waals surface area contributed by atoms with Crippen molar-refractivity contribution in [3.63, 3.8) is 0 Å². The number of pyridine rings is 2. The molecule has 1 unspecified atom stereocenters. The van der Waals surface area contributed by atoms with Gasteiger partial charge in [0.05, 0.1) is 5.02 Å². The zero-order valence-corrected chi connectivity index (χ0v) is 13.9. The van der Waals surface area contributed by atoms with Gasteiger partial charge in [0.15, 0.2) is 0 Å². The Morgan fingerprint density at radius 3 is 3.00 bits per heavy atom. The molecule has 122 valence electrons. The minimum absolute atomic E-state index is 0.0154. The summed E-state index contributed by atoms with van der Waals surface area (Å²) in [6.45, 7) is 1.52. The Kier molecular flexibility index (Phi) is 3.94. The SMILES string of the molecule is O=C(c1cn2cc(Cl)ccc2n1)N1CCC(Cc2ccccn2)C1. The summed E-state index contributed by atoms with van der Waals surface area (Å²) < 4.78 is 1.79. The van der Waals surface area contributed by atoms with E-state index in [2.05, 4.69) is 9.97 Å². The monoisotopic (exact) mass is 340 g/mol. The molecule has 0 N–H and O–H groups in total. The minimum Gasteiger partial charge on any atom is -0.337 e. The highest BCUT2D eigenvalue weighted by Crippen LogP contribution is 2.22. The quantitative estimate of drug-likeness (QED) is 0.736. The van der Waals surface area contributed by atoms with Gasteiger partial charge in [0.1, 0.15) is 11.3 Å². The van der Waals surface area contributed by atoms with Crippen molar-refractivity contribution in [2.75, 3.05) is 13.1 Å². The summed E-state index contributed by atoms with van der Waals surface area (Å²) in [6, 6.07) is 9.55. The highest BCUT2D eigenvalue weighted by atomic mass is 35.5. The van der Waals surface area contributed by atoms with Gasteiger partial charge in [-0.15, -0.1) is 0 Å². The van der Waals surface area contributed by atoms with E-state index in [1.807, 2.05) is 35.4 Å². The number of aromatic nitrogens is 3. The molecular weight excluding hydrogens is 324 g/mol. The second-order valence-corrected chi connectivity index (χ2v) is 6.61. The zero-order chi connectivity index (χ0) is 16.5. The van der Waals surface area contributed by atoms with E-state index in [9.17, 15) is 4.79 Å². The van der Waals surface area contributed by atoms with E-state index in [4.69, 9.17) is 11.6 Å². The average molecular weight is 341 g/mol. The van der Waals surface area contributed by atoms with E-state index in [-0.39, 0.29) is 5.91 Å². The summed E-state index contributed by atoms with van der Waals surface area (Å²) in [5, 5.41) is 0.621. The molecule has 6 heteroatoms. The number of carbonyl (C=O) groups is 1. The van der Waals surface area contributed by atoms with Crippen LogP contribution in [0, 0.1) is 5.92 Å². The van der Waals surface area contributed by atoms with Gasteiger partial charge in [-0.25, -0.2) is 4.98 Å². The van der Waals surface area contributed by atoms with Crippen molar-refractivity contribution in [2.24, 2.45) is 5.92 Å². The van der Waals surface area contributed by atoms with Crippen molar-refractivity contribution in [3.05, 3.63) is 65.3 Å². The smallest absolute Gasteiger partial charge is 0.274 e. The second-order valence-electron chi connectivity index (χ2n) is 6.17. The third-order valence-electron chi connectivity index (χ3n) is 4.43. The molecule has 4 rings (SSSR count). The number of carbonyl (C=O) groups excluding carboxylic acids is 1. The molecule has 0 bridgehead atoms. The van der Waals surface area contributed by atoms with Crippen molar-refractivity contribution in [3.8, 4) is 0 Å². The molecule has 1 amide bonds. The predicted octanol–water partition coefficient (Wildman–Crippen LogP) is 3.09. The Labute approximate surface area is 144 Å². The number of fused-ring (bicyclic) bond motifs is 1. The van der Waals surface area contributed by atoms with Crippen LogP contribution in [0.25, 0.3) is 5.65 Å². The van der Waals surface area contributed by atoms with E-state index >= 15 is 0 Å². The number of halogens is 1. The standard InChI is InChI=1S/C18H17ClN4O/c19-14-4-5-17-21-16(12-23(17)11-14)18(24)22-8-6-13(10-22)9-15-3-1-2-7-20-15/h1-5,7,11-13H,6,8-10H2. The number of imidazole rings is 1. The molecule has 1 fully saturated rings. The van der Waals surface area contributed by atoms with Crippen LogP contribution in [0.3, 0.4) is 0 Å². The summed E-state index contributed by atoms with van der Waals surface area (Å²) in [6.07, 6.45) is 7.23. The maximum atomic E-state index is 12.7. The molecule has 0 spiro atoms. The summed E-state index contributed by atoms with van der Waals surface area (Å²) >= 11 is 5.98. The lowest BCUT2D eigenvalue weighted by molar-refractivity contribution is 0.0782. The number of rotatable bonds is 3. The van der Waals surface area contributed by atoms with Crippen LogP contribution < -0.4 is 0 Å². The summed E-state index contributed by atoms with van der Waals surface area (Å²) in [5.74, 6) is 0.439. The van der Waals surface area contributed by atoms with Gasteiger partial charge in [-0.05, 0) is 43.0 Å². The highest BCUT2D eigenvalue weighted by molar-refractivity contribution is 6.30. The number of hydrogen-bond acceptors (Lipinski definition) is 3. The lowest BCUT2D eigenvalue weighted by Crippen LogP contribution is -2.29. The Morgan fingerprint density at radius 2 is 2.17 bits per heavy atom. The summed E-state index contributed by atoms with van der Waals surface area (Å²) in [4.78, 5) is 23.4.